The lowest BCUT2D eigenvalue weighted by Crippen LogP contribution is -2.31. The van der Waals surface area contributed by atoms with Crippen LogP contribution >= 0.6 is 0 Å². The van der Waals surface area contributed by atoms with Gasteiger partial charge in [0.05, 0.1) is 17.3 Å². The van der Waals surface area contributed by atoms with Gasteiger partial charge in [0.25, 0.3) is 0 Å². The van der Waals surface area contributed by atoms with Gasteiger partial charge in [-0.05, 0) is 32.3 Å². The normalized spacial score (nSPS) is 39.2. The van der Waals surface area contributed by atoms with E-state index in [2.05, 4.69) is 6.58 Å². The molecule has 3 aliphatic heterocycles. The number of fused-ring (bicyclic) bond motifs is 3. The van der Waals surface area contributed by atoms with Gasteiger partial charge in [0.15, 0.2) is 5.78 Å². The second-order valence-electron chi connectivity index (χ2n) is 7.71. The van der Waals surface area contributed by atoms with Crippen LogP contribution in [0.3, 0.4) is 0 Å². The molecule has 3 rings (SSSR count). The minimum Gasteiger partial charge on any atom is -0.455 e. The molecular weight excluding hydrogens is 324 g/mol. The van der Waals surface area contributed by atoms with Gasteiger partial charge in [-0.1, -0.05) is 12.2 Å². The summed E-state index contributed by atoms with van der Waals surface area (Å²) in [7, 11) is 0. The monoisotopic (exact) mass is 348 g/mol. The van der Waals surface area contributed by atoms with E-state index in [9.17, 15) is 19.5 Å². The van der Waals surface area contributed by atoms with Crippen molar-refractivity contribution in [3.05, 3.63) is 23.8 Å². The lowest BCUT2D eigenvalue weighted by Gasteiger charge is -2.26. The number of carbonyl (C=O) groups excluding carboxylic acids is 3. The second-order valence-corrected chi connectivity index (χ2v) is 7.71. The molecule has 0 amide bonds. The van der Waals surface area contributed by atoms with Gasteiger partial charge in [0.1, 0.15) is 18.0 Å². The molecule has 0 aromatic rings. The number of rotatable bonds is 1. The number of esters is 1. The van der Waals surface area contributed by atoms with Gasteiger partial charge in [0, 0.05) is 25.7 Å². The summed E-state index contributed by atoms with van der Waals surface area (Å²) in [5, 5.41) is 10.5. The highest BCUT2D eigenvalue weighted by Crippen LogP contribution is 2.37. The Hall–Kier alpha value is -1.79. The Kier molecular flexibility index (Phi) is 4.68. The van der Waals surface area contributed by atoms with E-state index in [1.165, 1.54) is 0 Å². The molecule has 0 unspecified atom stereocenters. The van der Waals surface area contributed by atoms with Gasteiger partial charge in [-0.25, -0.2) is 4.79 Å². The maximum atomic E-state index is 12.4. The predicted octanol–water partition coefficient (Wildman–Crippen LogP) is 1.65. The Morgan fingerprint density at radius 1 is 1.32 bits per heavy atom. The van der Waals surface area contributed by atoms with Crippen molar-refractivity contribution >= 4 is 17.5 Å². The molecule has 0 aliphatic carbocycles. The molecule has 6 nitrogen and oxygen atoms in total. The summed E-state index contributed by atoms with van der Waals surface area (Å²) >= 11 is 0. The zero-order valence-corrected chi connectivity index (χ0v) is 14.6. The van der Waals surface area contributed by atoms with E-state index in [4.69, 9.17) is 9.47 Å². The first-order valence-corrected chi connectivity index (χ1v) is 8.65. The van der Waals surface area contributed by atoms with Crippen LogP contribution in [0.4, 0.5) is 0 Å². The average Bonchev–Trinajstić information content (AvgIpc) is 2.97. The number of hydrogen-bond acceptors (Lipinski definition) is 6. The van der Waals surface area contributed by atoms with Crippen LogP contribution in [0.1, 0.15) is 46.0 Å². The minimum absolute atomic E-state index is 0.0407. The first kappa shape index (κ1) is 18.0. The van der Waals surface area contributed by atoms with E-state index in [0.717, 1.165) is 5.57 Å². The Morgan fingerprint density at radius 3 is 2.72 bits per heavy atom. The summed E-state index contributed by atoms with van der Waals surface area (Å²) in [5.41, 5.74) is 0.202. The number of carbonyl (C=O) groups is 3. The van der Waals surface area contributed by atoms with Crippen LogP contribution in [0.5, 0.6) is 0 Å². The minimum atomic E-state index is -1.000. The van der Waals surface area contributed by atoms with Crippen molar-refractivity contribution in [3.63, 3.8) is 0 Å². The first-order chi connectivity index (χ1) is 11.7. The van der Waals surface area contributed by atoms with Crippen molar-refractivity contribution in [2.45, 2.75) is 69.9 Å². The fourth-order valence-corrected chi connectivity index (χ4v) is 3.91. The fraction of sp³-hybridized carbons (Fsp3) is 0.632. The third-order valence-electron chi connectivity index (χ3n) is 5.28. The molecule has 3 heterocycles. The number of aliphatic hydroxyl groups excluding tert-OH is 1. The molecule has 0 spiro atoms. The molecule has 0 saturated carbocycles. The second kappa shape index (κ2) is 6.50. The highest BCUT2D eigenvalue weighted by atomic mass is 16.6. The summed E-state index contributed by atoms with van der Waals surface area (Å²) in [6, 6.07) is 0. The summed E-state index contributed by atoms with van der Waals surface area (Å²) in [5.74, 6) is -0.998. The zero-order chi connectivity index (χ0) is 18.4. The smallest absolute Gasteiger partial charge is 0.337 e. The SMILES string of the molecule is C=C(C)[C@@H]1CC(=O)C[C@@H]2O[C@@](C)(CC2=O)C[C@@H]2C=C(C(=O)O2)[C@@H](O)C1. The van der Waals surface area contributed by atoms with E-state index in [1.807, 2.05) is 0 Å². The largest absolute Gasteiger partial charge is 0.455 e. The van der Waals surface area contributed by atoms with Crippen LogP contribution in [-0.2, 0) is 23.9 Å². The standard InChI is InChI=1S/C19H24O6/c1-10(2)11-4-12(20)6-17-16(22)9-19(3,25-17)8-13-7-14(15(21)5-11)18(23)24-13/h7,11,13,15,17,21H,1,4-6,8-9H2,2-3H3/t11-,13+,15+,17+,19-/m1/s1. The van der Waals surface area contributed by atoms with Gasteiger partial charge in [-0.2, -0.15) is 0 Å². The summed E-state index contributed by atoms with van der Waals surface area (Å²) in [6.45, 7) is 7.48. The zero-order valence-electron chi connectivity index (χ0n) is 14.6. The van der Waals surface area contributed by atoms with E-state index >= 15 is 0 Å². The van der Waals surface area contributed by atoms with Crippen LogP contribution in [0, 0.1) is 5.92 Å². The molecule has 4 bridgehead atoms. The van der Waals surface area contributed by atoms with Crippen molar-refractivity contribution in [1.29, 1.82) is 0 Å². The average molecular weight is 348 g/mol. The first-order valence-electron chi connectivity index (χ1n) is 8.65. The number of allylic oxidation sites excluding steroid dienone is 1. The number of ketones is 2. The maximum Gasteiger partial charge on any atom is 0.337 e. The number of hydrogen-bond donors (Lipinski definition) is 1. The van der Waals surface area contributed by atoms with Crippen LogP contribution in [0.25, 0.3) is 0 Å². The Labute approximate surface area is 146 Å². The molecule has 3 aliphatic rings. The molecule has 0 aromatic heterocycles. The number of ether oxygens (including phenoxy) is 2. The quantitative estimate of drug-likeness (QED) is 0.572. The van der Waals surface area contributed by atoms with Gasteiger partial charge >= 0.3 is 5.97 Å². The lowest BCUT2D eigenvalue weighted by molar-refractivity contribution is -0.144. The van der Waals surface area contributed by atoms with Crippen molar-refractivity contribution in [1.82, 2.24) is 0 Å². The van der Waals surface area contributed by atoms with Crippen LogP contribution < -0.4 is 0 Å². The van der Waals surface area contributed by atoms with Crippen molar-refractivity contribution in [3.8, 4) is 0 Å². The van der Waals surface area contributed by atoms with E-state index in [1.54, 1.807) is 19.9 Å². The molecule has 1 N–H and O–H groups in total. The number of aliphatic hydroxyl groups is 1. The molecule has 5 atom stereocenters. The Morgan fingerprint density at radius 2 is 2.04 bits per heavy atom. The fourth-order valence-electron chi connectivity index (χ4n) is 3.91. The third kappa shape index (κ3) is 3.75. The maximum absolute atomic E-state index is 12.4. The molecule has 25 heavy (non-hydrogen) atoms. The molecule has 1 fully saturated rings. The highest BCUT2D eigenvalue weighted by molar-refractivity contribution is 5.93. The molecule has 136 valence electrons. The van der Waals surface area contributed by atoms with Gasteiger partial charge < -0.3 is 14.6 Å². The predicted molar refractivity (Wildman–Crippen MR) is 88.7 cm³/mol. The van der Waals surface area contributed by atoms with Crippen LogP contribution in [0.2, 0.25) is 0 Å². The van der Waals surface area contributed by atoms with E-state index in [-0.39, 0.29) is 48.7 Å². The highest BCUT2D eigenvalue weighted by Gasteiger charge is 2.46. The third-order valence-corrected chi connectivity index (χ3v) is 5.28. The summed E-state index contributed by atoms with van der Waals surface area (Å²) < 4.78 is 11.2. The van der Waals surface area contributed by atoms with E-state index in [0.29, 0.717) is 6.42 Å². The van der Waals surface area contributed by atoms with E-state index < -0.39 is 29.9 Å². The molecule has 0 aromatic carbocycles. The summed E-state index contributed by atoms with van der Waals surface area (Å²) in [4.78, 5) is 36.8. The lowest BCUT2D eigenvalue weighted by atomic mass is 9.86. The van der Waals surface area contributed by atoms with Crippen molar-refractivity contribution in [2.75, 3.05) is 0 Å². The van der Waals surface area contributed by atoms with Crippen molar-refractivity contribution < 1.29 is 29.0 Å². The van der Waals surface area contributed by atoms with Crippen molar-refractivity contribution in [2.24, 2.45) is 5.92 Å². The number of Topliss-reactive ketones (excluding diaryl/α,β-unsaturated/α-hetero) is 2. The topological polar surface area (TPSA) is 89.9 Å². The van der Waals surface area contributed by atoms with Gasteiger partial charge in [0.2, 0.25) is 0 Å². The molecule has 0 radical (unpaired) electrons. The molecule has 1 saturated heterocycles. The molecular formula is C19H24O6. The van der Waals surface area contributed by atoms with Gasteiger partial charge in [-0.15, -0.1) is 0 Å². The molecule has 6 heteroatoms. The Balaban J connectivity index is 1.92. The van der Waals surface area contributed by atoms with Crippen LogP contribution in [-0.4, -0.2) is 46.6 Å². The Bertz CT molecular complexity index is 663. The summed E-state index contributed by atoms with van der Waals surface area (Å²) in [6.07, 6.45) is 0.300. The van der Waals surface area contributed by atoms with Crippen LogP contribution in [0.15, 0.2) is 23.8 Å². The van der Waals surface area contributed by atoms with Gasteiger partial charge in [-0.3, -0.25) is 9.59 Å².